The fourth-order valence-corrected chi connectivity index (χ4v) is 1.96. The van der Waals surface area contributed by atoms with Gasteiger partial charge in [0.15, 0.2) is 10.4 Å². The standard InChI is InChI=1S/C10H14N4OS/c1-6(2)4-14-9(15)7-8(12-5-11-7)13(3)10(14)16/h5-6H,4H2,1-3H3,(H,11,12). The van der Waals surface area contributed by atoms with E-state index in [0.29, 0.717) is 28.4 Å². The summed E-state index contributed by atoms with van der Waals surface area (Å²) in [6, 6.07) is 0. The molecular formula is C10H14N4OS. The monoisotopic (exact) mass is 238 g/mol. The van der Waals surface area contributed by atoms with E-state index < -0.39 is 0 Å². The first kappa shape index (κ1) is 11.1. The molecular weight excluding hydrogens is 224 g/mol. The average molecular weight is 238 g/mol. The molecule has 5 nitrogen and oxygen atoms in total. The predicted octanol–water partition coefficient (Wildman–Crippen LogP) is 1.45. The van der Waals surface area contributed by atoms with Gasteiger partial charge in [-0.3, -0.25) is 9.36 Å². The number of aromatic nitrogens is 4. The van der Waals surface area contributed by atoms with Crippen molar-refractivity contribution in [3.63, 3.8) is 0 Å². The maximum atomic E-state index is 12.1. The number of H-pyrrole nitrogens is 1. The normalized spacial score (nSPS) is 11.5. The summed E-state index contributed by atoms with van der Waals surface area (Å²) in [6.45, 7) is 4.73. The highest BCUT2D eigenvalue weighted by Gasteiger charge is 2.11. The van der Waals surface area contributed by atoms with Crippen molar-refractivity contribution >= 4 is 23.4 Å². The van der Waals surface area contributed by atoms with Crippen LogP contribution < -0.4 is 5.56 Å². The molecule has 2 aromatic heterocycles. The zero-order valence-corrected chi connectivity index (χ0v) is 10.3. The first-order chi connectivity index (χ1) is 7.52. The molecule has 0 fully saturated rings. The molecule has 2 aromatic rings. The number of rotatable bonds is 2. The highest BCUT2D eigenvalue weighted by molar-refractivity contribution is 7.71. The van der Waals surface area contributed by atoms with Crippen LogP contribution in [0.25, 0.3) is 11.2 Å². The van der Waals surface area contributed by atoms with Gasteiger partial charge < -0.3 is 9.55 Å². The van der Waals surface area contributed by atoms with Crippen LogP contribution in [0.4, 0.5) is 0 Å². The molecule has 0 saturated carbocycles. The molecule has 0 saturated heterocycles. The van der Waals surface area contributed by atoms with E-state index in [0.717, 1.165) is 0 Å². The third-order valence-electron chi connectivity index (χ3n) is 2.46. The van der Waals surface area contributed by atoms with E-state index in [1.165, 1.54) is 6.33 Å². The third-order valence-corrected chi connectivity index (χ3v) is 2.96. The van der Waals surface area contributed by atoms with Crippen LogP contribution >= 0.6 is 12.2 Å². The van der Waals surface area contributed by atoms with Crippen molar-refractivity contribution in [3.8, 4) is 0 Å². The Morgan fingerprint density at radius 3 is 2.88 bits per heavy atom. The molecule has 0 radical (unpaired) electrons. The second-order valence-electron chi connectivity index (χ2n) is 4.25. The number of fused-ring (bicyclic) bond motifs is 1. The maximum Gasteiger partial charge on any atom is 0.280 e. The SMILES string of the molecule is CC(C)Cn1c(=O)c2[nH]cnc2n(C)c1=S. The maximum absolute atomic E-state index is 12.1. The quantitative estimate of drug-likeness (QED) is 0.806. The van der Waals surface area contributed by atoms with E-state index in [-0.39, 0.29) is 5.56 Å². The Kier molecular flexibility index (Phi) is 2.67. The van der Waals surface area contributed by atoms with Gasteiger partial charge in [0, 0.05) is 13.6 Å². The van der Waals surface area contributed by atoms with Crippen LogP contribution in [0.5, 0.6) is 0 Å². The summed E-state index contributed by atoms with van der Waals surface area (Å²) in [5.74, 6) is 0.375. The smallest absolute Gasteiger partial charge is 0.280 e. The third kappa shape index (κ3) is 1.59. The first-order valence-electron chi connectivity index (χ1n) is 5.15. The zero-order valence-electron chi connectivity index (χ0n) is 9.52. The Morgan fingerprint density at radius 1 is 1.56 bits per heavy atom. The summed E-state index contributed by atoms with van der Waals surface area (Å²) in [5.41, 5.74) is 1.02. The minimum Gasteiger partial charge on any atom is -0.339 e. The Labute approximate surface area is 97.7 Å². The van der Waals surface area contributed by atoms with E-state index in [1.54, 1.807) is 9.13 Å². The van der Waals surface area contributed by atoms with Crippen molar-refractivity contribution in [2.75, 3.05) is 0 Å². The molecule has 2 rings (SSSR count). The van der Waals surface area contributed by atoms with Crippen molar-refractivity contribution in [2.45, 2.75) is 20.4 Å². The minimum atomic E-state index is -0.0932. The number of imidazole rings is 1. The van der Waals surface area contributed by atoms with Gasteiger partial charge in [0.25, 0.3) is 5.56 Å². The molecule has 0 unspecified atom stereocenters. The van der Waals surface area contributed by atoms with E-state index in [4.69, 9.17) is 12.2 Å². The summed E-state index contributed by atoms with van der Waals surface area (Å²) in [7, 11) is 1.82. The topological polar surface area (TPSA) is 55.6 Å². The van der Waals surface area contributed by atoms with Gasteiger partial charge >= 0.3 is 0 Å². The van der Waals surface area contributed by atoms with Crippen molar-refractivity contribution in [2.24, 2.45) is 13.0 Å². The van der Waals surface area contributed by atoms with Gasteiger partial charge in [-0.05, 0) is 18.1 Å². The van der Waals surface area contributed by atoms with E-state index in [1.807, 2.05) is 7.05 Å². The van der Waals surface area contributed by atoms with Gasteiger partial charge in [0.2, 0.25) is 0 Å². The fourth-order valence-electron chi connectivity index (χ4n) is 1.72. The van der Waals surface area contributed by atoms with Gasteiger partial charge in [0.05, 0.1) is 6.33 Å². The summed E-state index contributed by atoms with van der Waals surface area (Å²) < 4.78 is 3.88. The predicted molar refractivity (Wildman–Crippen MR) is 65.0 cm³/mol. The van der Waals surface area contributed by atoms with Crippen molar-refractivity contribution in [1.29, 1.82) is 0 Å². The molecule has 0 atom stereocenters. The van der Waals surface area contributed by atoms with Gasteiger partial charge in [-0.15, -0.1) is 0 Å². The number of aryl methyl sites for hydroxylation is 1. The molecule has 0 aliphatic heterocycles. The lowest BCUT2D eigenvalue weighted by atomic mass is 10.2. The molecule has 0 bridgehead atoms. The molecule has 1 N–H and O–H groups in total. The fraction of sp³-hybridized carbons (Fsp3) is 0.500. The van der Waals surface area contributed by atoms with Crippen molar-refractivity contribution in [1.82, 2.24) is 19.1 Å². The largest absolute Gasteiger partial charge is 0.339 e. The second-order valence-corrected chi connectivity index (χ2v) is 4.62. The van der Waals surface area contributed by atoms with Gasteiger partial charge in [0.1, 0.15) is 5.52 Å². The lowest BCUT2D eigenvalue weighted by molar-refractivity contribution is 0.494. The zero-order chi connectivity index (χ0) is 11.9. The van der Waals surface area contributed by atoms with Crippen LogP contribution in [0, 0.1) is 10.7 Å². The van der Waals surface area contributed by atoms with Gasteiger partial charge in [-0.25, -0.2) is 4.98 Å². The molecule has 2 heterocycles. The van der Waals surface area contributed by atoms with Crippen LogP contribution in [-0.4, -0.2) is 19.1 Å². The summed E-state index contributed by atoms with van der Waals surface area (Å²) >= 11 is 5.26. The molecule has 0 amide bonds. The molecule has 86 valence electrons. The van der Waals surface area contributed by atoms with Crippen LogP contribution in [-0.2, 0) is 13.6 Å². The lowest BCUT2D eigenvalue weighted by Crippen LogP contribution is -2.26. The summed E-state index contributed by atoms with van der Waals surface area (Å²) in [5, 5.41) is 0. The number of hydrogen-bond donors (Lipinski definition) is 1. The molecule has 0 aliphatic carbocycles. The molecule has 0 aliphatic rings. The first-order valence-corrected chi connectivity index (χ1v) is 5.56. The Hall–Kier alpha value is -1.43. The van der Waals surface area contributed by atoms with Crippen LogP contribution in [0.3, 0.4) is 0 Å². The number of hydrogen-bond acceptors (Lipinski definition) is 3. The van der Waals surface area contributed by atoms with Crippen molar-refractivity contribution < 1.29 is 0 Å². The van der Waals surface area contributed by atoms with Crippen molar-refractivity contribution in [3.05, 3.63) is 21.5 Å². The van der Waals surface area contributed by atoms with Crippen LogP contribution in [0.2, 0.25) is 0 Å². The van der Waals surface area contributed by atoms with E-state index in [2.05, 4.69) is 23.8 Å². The van der Waals surface area contributed by atoms with E-state index in [9.17, 15) is 4.79 Å². The van der Waals surface area contributed by atoms with Crippen LogP contribution in [0.15, 0.2) is 11.1 Å². The Balaban J connectivity index is 2.83. The Bertz CT molecular complexity index is 634. The Morgan fingerprint density at radius 2 is 2.25 bits per heavy atom. The number of aromatic amines is 1. The highest BCUT2D eigenvalue weighted by Crippen LogP contribution is 2.05. The van der Waals surface area contributed by atoms with Gasteiger partial charge in [-0.1, -0.05) is 13.8 Å². The summed E-state index contributed by atoms with van der Waals surface area (Å²) in [6.07, 6.45) is 1.51. The molecule has 0 spiro atoms. The summed E-state index contributed by atoms with van der Waals surface area (Å²) in [4.78, 5) is 19.1. The minimum absolute atomic E-state index is 0.0932. The average Bonchev–Trinajstić information content (AvgIpc) is 2.70. The lowest BCUT2D eigenvalue weighted by Gasteiger charge is -2.11. The van der Waals surface area contributed by atoms with Gasteiger partial charge in [-0.2, -0.15) is 0 Å². The highest BCUT2D eigenvalue weighted by atomic mass is 32.1. The van der Waals surface area contributed by atoms with E-state index >= 15 is 0 Å². The number of nitrogens with one attached hydrogen (secondary N) is 1. The molecule has 16 heavy (non-hydrogen) atoms. The molecule has 6 heteroatoms. The number of nitrogens with zero attached hydrogens (tertiary/aromatic N) is 3. The molecule has 0 aromatic carbocycles. The van der Waals surface area contributed by atoms with Crippen LogP contribution in [0.1, 0.15) is 13.8 Å². The second kappa shape index (κ2) is 3.86.